The van der Waals surface area contributed by atoms with Gasteiger partial charge in [0.1, 0.15) is 0 Å². The monoisotopic (exact) mass is 246 g/mol. The van der Waals surface area contributed by atoms with Gasteiger partial charge in [0.25, 0.3) is 0 Å². The highest BCUT2D eigenvalue weighted by Crippen LogP contribution is 2.21. The van der Waals surface area contributed by atoms with Gasteiger partial charge >= 0.3 is 0 Å². The number of nitrogens with zero attached hydrogens (tertiary/aromatic N) is 1. The van der Waals surface area contributed by atoms with Crippen LogP contribution in [-0.2, 0) is 0 Å². The summed E-state index contributed by atoms with van der Waals surface area (Å²) >= 11 is 1.99. The van der Waals surface area contributed by atoms with Crippen molar-refractivity contribution in [2.75, 3.05) is 23.4 Å². The Morgan fingerprint density at radius 1 is 1.29 bits per heavy atom. The fourth-order valence-electron chi connectivity index (χ4n) is 1.81. The predicted octanol–water partition coefficient (Wildman–Crippen LogP) is 3.79. The van der Waals surface area contributed by atoms with Crippen LogP contribution in [0.4, 0.5) is 5.69 Å². The number of fused-ring (bicyclic) bond motifs is 1. The first-order chi connectivity index (χ1) is 8.42. The third kappa shape index (κ3) is 3.37. The lowest BCUT2D eigenvalue weighted by molar-refractivity contribution is 0.993. The van der Waals surface area contributed by atoms with Gasteiger partial charge in [-0.15, -0.1) is 0 Å². The van der Waals surface area contributed by atoms with Gasteiger partial charge in [0.05, 0.1) is 0 Å². The summed E-state index contributed by atoms with van der Waals surface area (Å²) in [5.74, 6) is 2.44. The van der Waals surface area contributed by atoms with Crippen LogP contribution in [0.5, 0.6) is 0 Å². The second-order valence-electron chi connectivity index (χ2n) is 3.88. The maximum absolute atomic E-state index is 4.19. The maximum Gasteiger partial charge on any atom is 0.0435 e. The van der Waals surface area contributed by atoms with E-state index in [2.05, 4.69) is 35.4 Å². The van der Waals surface area contributed by atoms with Crippen molar-refractivity contribution >= 4 is 28.2 Å². The molecule has 1 N–H and O–H groups in total. The molecule has 2 nitrogen and oxygen atoms in total. The van der Waals surface area contributed by atoms with Gasteiger partial charge in [-0.25, -0.2) is 0 Å². The number of aromatic nitrogens is 1. The Labute approximate surface area is 107 Å². The van der Waals surface area contributed by atoms with Crippen molar-refractivity contribution in [3.63, 3.8) is 0 Å². The summed E-state index contributed by atoms with van der Waals surface area (Å²) in [4.78, 5) is 4.19. The maximum atomic E-state index is 4.19. The molecule has 0 aliphatic heterocycles. The average molecular weight is 246 g/mol. The molecule has 0 unspecified atom stereocenters. The Balaban J connectivity index is 1.98. The lowest BCUT2D eigenvalue weighted by Crippen LogP contribution is -2.03. The van der Waals surface area contributed by atoms with E-state index in [4.69, 9.17) is 0 Å². The normalized spacial score (nSPS) is 10.6. The predicted molar refractivity (Wildman–Crippen MR) is 77.8 cm³/mol. The van der Waals surface area contributed by atoms with Crippen LogP contribution in [0.25, 0.3) is 10.8 Å². The minimum atomic E-state index is 1.03. The number of hydrogen-bond donors (Lipinski definition) is 1. The molecule has 0 saturated heterocycles. The minimum absolute atomic E-state index is 1.03. The number of benzene rings is 1. The highest BCUT2D eigenvalue weighted by atomic mass is 32.2. The third-order valence-corrected chi connectivity index (χ3v) is 3.65. The first-order valence-corrected chi connectivity index (χ1v) is 7.21. The van der Waals surface area contributed by atoms with Crippen LogP contribution >= 0.6 is 11.8 Å². The first kappa shape index (κ1) is 12.2. The molecule has 0 bridgehead atoms. The standard InChI is InChI=1S/C14H18N2S/c1-2-17-10-4-8-16-14-6-3-5-12-7-9-15-11-13(12)14/h3,5-7,9,11,16H,2,4,8,10H2,1H3. The molecule has 0 saturated carbocycles. The van der Waals surface area contributed by atoms with Gasteiger partial charge in [0.2, 0.25) is 0 Å². The molecule has 0 aliphatic rings. The minimum Gasteiger partial charge on any atom is -0.384 e. The summed E-state index contributed by atoms with van der Waals surface area (Å²) in [6.07, 6.45) is 4.97. The molecule has 0 fully saturated rings. The molecule has 0 spiro atoms. The summed E-state index contributed by atoms with van der Waals surface area (Å²) in [7, 11) is 0. The van der Waals surface area contributed by atoms with E-state index in [1.807, 2.05) is 30.2 Å². The molecule has 90 valence electrons. The number of hydrogen-bond acceptors (Lipinski definition) is 3. The largest absolute Gasteiger partial charge is 0.384 e. The summed E-state index contributed by atoms with van der Waals surface area (Å²) < 4.78 is 0. The molecule has 1 heterocycles. The smallest absolute Gasteiger partial charge is 0.0435 e. The number of anilines is 1. The molecule has 0 aliphatic carbocycles. The van der Waals surface area contributed by atoms with Crippen LogP contribution in [0.15, 0.2) is 36.7 Å². The molecule has 2 rings (SSSR count). The molecule has 17 heavy (non-hydrogen) atoms. The van der Waals surface area contributed by atoms with Gasteiger partial charge in [0, 0.05) is 30.0 Å². The van der Waals surface area contributed by atoms with Gasteiger partial charge in [-0.2, -0.15) is 11.8 Å². The molecule has 1 aromatic carbocycles. The lowest BCUT2D eigenvalue weighted by Gasteiger charge is -2.09. The van der Waals surface area contributed by atoms with Crippen LogP contribution in [0.3, 0.4) is 0 Å². The van der Waals surface area contributed by atoms with Gasteiger partial charge in [-0.05, 0) is 35.4 Å². The number of nitrogens with one attached hydrogen (secondary N) is 1. The number of thioether (sulfide) groups is 1. The van der Waals surface area contributed by atoms with Crippen LogP contribution in [0.1, 0.15) is 13.3 Å². The zero-order valence-electron chi connectivity index (χ0n) is 10.1. The van der Waals surface area contributed by atoms with Crippen LogP contribution in [0, 0.1) is 0 Å². The van der Waals surface area contributed by atoms with E-state index in [1.165, 1.54) is 34.4 Å². The Hall–Kier alpha value is -1.22. The van der Waals surface area contributed by atoms with Crippen LogP contribution in [0.2, 0.25) is 0 Å². The molecule has 0 atom stereocenters. The second-order valence-corrected chi connectivity index (χ2v) is 5.27. The molecule has 0 radical (unpaired) electrons. The zero-order chi connectivity index (χ0) is 11.9. The Morgan fingerprint density at radius 2 is 2.24 bits per heavy atom. The van der Waals surface area contributed by atoms with Gasteiger partial charge in [-0.3, -0.25) is 4.98 Å². The first-order valence-electron chi connectivity index (χ1n) is 6.06. The van der Waals surface area contributed by atoms with Gasteiger partial charge in [-0.1, -0.05) is 19.1 Å². The zero-order valence-corrected chi connectivity index (χ0v) is 11.0. The average Bonchev–Trinajstić information content (AvgIpc) is 2.39. The van der Waals surface area contributed by atoms with E-state index < -0.39 is 0 Å². The van der Waals surface area contributed by atoms with Crippen molar-refractivity contribution in [1.29, 1.82) is 0 Å². The van der Waals surface area contributed by atoms with Crippen molar-refractivity contribution in [3.05, 3.63) is 36.7 Å². The quantitative estimate of drug-likeness (QED) is 0.785. The highest BCUT2D eigenvalue weighted by Gasteiger charge is 1.99. The SMILES string of the molecule is CCSCCCNc1cccc2ccncc12. The van der Waals surface area contributed by atoms with E-state index in [9.17, 15) is 0 Å². The van der Waals surface area contributed by atoms with Crippen molar-refractivity contribution in [2.45, 2.75) is 13.3 Å². The summed E-state index contributed by atoms with van der Waals surface area (Å²) in [6.45, 7) is 3.23. The van der Waals surface area contributed by atoms with E-state index in [-0.39, 0.29) is 0 Å². The Morgan fingerprint density at radius 3 is 3.12 bits per heavy atom. The van der Waals surface area contributed by atoms with Crippen molar-refractivity contribution in [1.82, 2.24) is 4.98 Å². The topological polar surface area (TPSA) is 24.9 Å². The summed E-state index contributed by atoms with van der Waals surface area (Å²) in [6, 6.07) is 8.38. The Bertz CT molecular complexity index is 465. The van der Waals surface area contributed by atoms with Crippen LogP contribution < -0.4 is 5.32 Å². The van der Waals surface area contributed by atoms with Crippen molar-refractivity contribution < 1.29 is 0 Å². The fourth-order valence-corrected chi connectivity index (χ4v) is 2.45. The molecule has 3 heteroatoms. The number of pyridine rings is 1. The van der Waals surface area contributed by atoms with E-state index in [1.54, 1.807) is 0 Å². The van der Waals surface area contributed by atoms with Gasteiger partial charge < -0.3 is 5.32 Å². The molecular weight excluding hydrogens is 228 g/mol. The highest BCUT2D eigenvalue weighted by molar-refractivity contribution is 7.99. The van der Waals surface area contributed by atoms with E-state index >= 15 is 0 Å². The van der Waals surface area contributed by atoms with E-state index in [0.717, 1.165) is 6.54 Å². The molecular formula is C14H18N2S. The molecule has 2 aromatic rings. The molecule has 0 amide bonds. The second kappa shape index (κ2) is 6.50. The lowest BCUT2D eigenvalue weighted by atomic mass is 10.1. The van der Waals surface area contributed by atoms with Crippen LogP contribution in [-0.4, -0.2) is 23.0 Å². The fraction of sp³-hybridized carbons (Fsp3) is 0.357. The number of rotatable bonds is 6. The Kier molecular flexibility index (Phi) is 4.68. The van der Waals surface area contributed by atoms with Gasteiger partial charge in [0.15, 0.2) is 0 Å². The van der Waals surface area contributed by atoms with E-state index in [0.29, 0.717) is 0 Å². The van der Waals surface area contributed by atoms with Crippen molar-refractivity contribution in [2.24, 2.45) is 0 Å². The van der Waals surface area contributed by atoms with Crippen molar-refractivity contribution in [3.8, 4) is 0 Å². The summed E-state index contributed by atoms with van der Waals surface area (Å²) in [5, 5.41) is 5.94. The molecule has 1 aromatic heterocycles. The summed E-state index contributed by atoms with van der Waals surface area (Å²) in [5.41, 5.74) is 1.19. The third-order valence-electron chi connectivity index (χ3n) is 2.67.